The number of nitrogens with zero attached hydrogens (tertiary/aromatic N) is 2. The van der Waals surface area contributed by atoms with Crippen molar-refractivity contribution in [2.45, 2.75) is 20.4 Å². The lowest BCUT2D eigenvalue weighted by molar-refractivity contribution is 0.410. The number of fused-ring (bicyclic) bond motifs is 1. The first-order chi connectivity index (χ1) is 14.1. The maximum atomic E-state index is 5.46. The van der Waals surface area contributed by atoms with E-state index in [9.17, 15) is 0 Å². The van der Waals surface area contributed by atoms with Gasteiger partial charge in [0, 0.05) is 23.2 Å². The van der Waals surface area contributed by atoms with Gasteiger partial charge in [-0.2, -0.15) is 4.98 Å². The van der Waals surface area contributed by atoms with Crippen LogP contribution in [0.3, 0.4) is 0 Å². The second kappa shape index (κ2) is 8.19. The van der Waals surface area contributed by atoms with Gasteiger partial charge in [-0.25, -0.2) is 4.98 Å². The predicted molar refractivity (Wildman–Crippen MR) is 119 cm³/mol. The summed E-state index contributed by atoms with van der Waals surface area (Å²) in [5, 5.41) is 7.80. The zero-order valence-electron chi connectivity index (χ0n) is 16.9. The predicted octanol–water partition coefficient (Wildman–Crippen LogP) is 5.61. The van der Waals surface area contributed by atoms with Crippen LogP contribution in [-0.2, 0) is 6.54 Å². The highest BCUT2D eigenvalue weighted by Gasteiger charge is 2.10. The van der Waals surface area contributed by atoms with E-state index in [0.717, 1.165) is 39.3 Å². The number of aromatic nitrogens is 2. The summed E-state index contributed by atoms with van der Waals surface area (Å²) in [5.74, 6) is 2.21. The Hall–Kier alpha value is -3.60. The fraction of sp³-hybridized carbons (Fsp3) is 0.167. The largest absolute Gasteiger partial charge is 0.496 e. The Balaban J connectivity index is 1.67. The van der Waals surface area contributed by atoms with Gasteiger partial charge < -0.3 is 15.4 Å². The van der Waals surface area contributed by atoms with Crippen LogP contribution in [0.4, 0.5) is 17.5 Å². The minimum atomic E-state index is 0.568. The van der Waals surface area contributed by atoms with E-state index in [1.54, 1.807) is 7.11 Å². The summed E-state index contributed by atoms with van der Waals surface area (Å²) in [6, 6.07) is 22.3. The van der Waals surface area contributed by atoms with Crippen LogP contribution in [0.1, 0.15) is 16.7 Å². The first-order valence-corrected chi connectivity index (χ1v) is 9.61. The van der Waals surface area contributed by atoms with Crippen LogP contribution in [0, 0.1) is 13.8 Å². The van der Waals surface area contributed by atoms with Crippen molar-refractivity contribution >= 4 is 28.4 Å². The molecule has 1 aromatic heterocycles. The molecule has 0 bridgehead atoms. The molecular formula is C24H24N4O. The maximum Gasteiger partial charge on any atom is 0.229 e. The van der Waals surface area contributed by atoms with E-state index in [2.05, 4.69) is 42.7 Å². The molecule has 0 aliphatic carbocycles. The molecule has 146 valence electrons. The molecule has 0 amide bonds. The van der Waals surface area contributed by atoms with Crippen molar-refractivity contribution in [1.29, 1.82) is 0 Å². The lowest BCUT2D eigenvalue weighted by Gasteiger charge is -2.14. The molecule has 0 atom stereocenters. The molecule has 0 unspecified atom stereocenters. The van der Waals surface area contributed by atoms with E-state index in [-0.39, 0.29) is 0 Å². The first-order valence-electron chi connectivity index (χ1n) is 9.61. The summed E-state index contributed by atoms with van der Waals surface area (Å²) >= 11 is 0. The summed E-state index contributed by atoms with van der Waals surface area (Å²) in [6.07, 6.45) is 0. The Labute approximate surface area is 170 Å². The van der Waals surface area contributed by atoms with Gasteiger partial charge in [0.1, 0.15) is 11.6 Å². The average Bonchev–Trinajstić information content (AvgIpc) is 2.74. The van der Waals surface area contributed by atoms with Crippen molar-refractivity contribution in [3.63, 3.8) is 0 Å². The SMILES string of the molecule is COc1ccccc1CNc1nc(Nc2ccc(C)cc2C)nc2ccccc12. The van der Waals surface area contributed by atoms with E-state index in [1.807, 2.05) is 48.5 Å². The van der Waals surface area contributed by atoms with Gasteiger partial charge in [0.2, 0.25) is 5.95 Å². The van der Waals surface area contributed by atoms with E-state index in [0.29, 0.717) is 12.5 Å². The lowest BCUT2D eigenvalue weighted by Crippen LogP contribution is -2.07. The number of nitrogens with one attached hydrogen (secondary N) is 2. The Bertz CT molecular complexity index is 1160. The fourth-order valence-corrected chi connectivity index (χ4v) is 3.37. The van der Waals surface area contributed by atoms with Gasteiger partial charge in [-0.3, -0.25) is 0 Å². The topological polar surface area (TPSA) is 59.1 Å². The minimum absolute atomic E-state index is 0.568. The normalized spacial score (nSPS) is 10.7. The van der Waals surface area contributed by atoms with Crippen LogP contribution in [0.5, 0.6) is 5.75 Å². The number of methoxy groups -OCH3 is 1. The number of anilines is 3. The Morgan fingerprint density at radius 1 is 0.897 bits per heavy atom. The van der Waals surface area contributed by atoms with Gasteiger partial charge in [0.05, 0.1) is 12.6 Å². The molecule has 5 nitrogen and oxygen atoms in total. The molecule has 1 heterocycles. The van der Waals surface area contributed by atoms with E-state index < -0.39 is 0 Å². The highest BCUT2D eigenvalue weighted by atomic mass is 16.5. The summed E-state index contributed by atoms with van der Waals surface area (Å²) < 4.78 is 5.46. The van der Waals surface area contributed by atoms with E-state index in [1.165, 1.54) is 5.56 Å². The maximum absolute atomic E-state index is 5.46. The summed E-state index contributed by atoms with van der Waals surface area (Å²) in [6.45, 7) is 4.77. The number of benzene rings is 3. The number of aryl methyl sites for hydroxylation is 2. The summed E-state index contributed by atoms with van der Waals surface area (Å²) in [7, 11) is 1.69. The van der Waals surface area contributed by atoms with Crippen molar-refractivity contribution in [3.05, 3.63) is 83.4 Å². The molecular weight excluding hydrogens is 360 g/mol. The molecule has 0 saturated heterocycles. The quantitative estimate of drug-likeness (QED) is 0.452. The highest BCUT2D eigenvalue weighted by Crippen LogP contribution is 2.26. The van der Waals surface area contributed by atoms with Gasteiger partial charge in [-0.05, 0) is 43.7 Å². The number of ether oxygens (including phenoxy) is 1. The van der Waals surface area contributed by atoms with E-state index >= 15 is 0 Å². The fourth-order valence-electron chi connectivity index (χ4n) is 3.37. The Morgan fingerprint density at radius 3 is 2.52 bits per heavy atom. The van der Waals surface area contributed by atoms with Gasteiger partial charge in [0.15, 0.2) is 0 Å². The van der Waals surface area contributed by atoms with Crippen molar-refractivity contribution in [2.24, 2.45) is 0 Å². The standard InChI is InChI=1S/C24H24N4O/c1-16-12-13-20(17(2)14-16)26-24-27-21-10-6-5-9-19(21)23(28-24)25-15-18-8-4-7-11-22(18)29-3/h4-14H,15H2,1-3H3,(H2,25,26,27,28). The molecule has 29 heavy (non-hydrogen) atoms. The second-order valence-corrected chi connectivity index (χ2v) is 7.02. The summed E-state index contributed by atoms with van der Waals surface area (Å²) in [4.78, 5) is 9.45. The Morgan fingerprint density at radius 2 is 1.69 bits per heavy atom. The van der Waals surface area contributed by atoms with Crippen LogP contribution in [0.2, 0.25) is 0 Å². The van der Waals surface area contributed by atoms with E-state index in [4.69, 9.17) is 14.7 Å². The molecule has 4 rings (SSSR count). The van der Waals surface area contributed by atoms with Crippen molar-refractivity contribution in [1.82, 2.24) is 9.97 Å². The zero-order chi connectivity index (χ0) is 20.2. The molecule has 0 fully saturated rings. The first kappa shape index (κ1) is 18.7. The average molecular weight is 384 g/mol. The molecule has 0 saturated carbocycles. The van der Waals surface area contributed by atoms with Crippen LogP contribution < -0.4 is 15.4 Å². The van der Waals surface area contributed by atoms with Gasteiger partial charge in [-0.15, -0.1) is 0 Å². The molecule has 0 spiro atoms. The third-order valence-corrected chi connectivity index (χ3v) is 4.87. The number of para-hydroxylation sites is 2. The molecule has 3 aromatic carbocycles. The molecule has 0 aliphatic rings. The zero-order valence-corrected chi connectivity index (χ0v) is 16.9. The molecule has 5 heteroatoms. The van der Waals surface area contributed by atoms with Gasteiger partial charge >= 0.3 is 0 Å². The lowest BCUT2D eigenvalue weighted by atomic mass is 10.1. The van der Waals surface area contributed by atoms with Crippen molar-refractivity contribution in [3.8, 4) is 5.75 Å². The van der Waals surface area contributed by atoms with Gasteiger partial charge in [-0.1, -0.05) is 48.0 Å². The number of rotatable bonds is 6. The van der Waals surface area contributed by atoms with Crippen LogP contribution in [0.25, 0.3) is 10.9 Å². The monoisotopic (exact) mass is 384 g/mol. The van der Waals surface area contributed by atoms with Crippen LogP contribution >= 0.6 is 0 Å². The molecule has 0 aliphatic heterocycles. The van der Waals surface area contributed by atoms with Crippen LogP contribution in [-0.4, -0.2) is 17.1 Å². The second-order valence-electron chi connectivity index (χ2n) is 7.02. The highest BCUT2D eigenvalue weighted by molar-refractivity contribution is 5.90. The third kappa shape index (κ3) is 4.14. The van der Waals surface area contributed by atoms with Crippen molar-refractivity contribution in [2.75, 3.05) is 17.7 Å². The Kier molecular flexibility index (Phi) is 5.29. The third-order valence-electron chi connectivity index (χ3n) is 4.87. The molecule has 0 radical (unpaired) electrons. The minimum Gasteiger partial charge on any atom is -0.496 e. The van der Waals surface area contributed by atoms with Crippen molar-refractivity contribution < 1.29 is 4.74 Å². The number of hydrogen-bond donors (Lipinski definition) is 2. The van der Waals surface area contributed by atoms with Crippen LogP contribution in [0.15, 0.2) is 66.7 Å². The van der Waals surface area contributed by atoms with Gasteiger partial charge in [0.25, 0.3) is 0 Å². The summed E-state index contributed by atoms with van der Waals surface area (Å²) in [5.41, 5.74) is 5.34. The smallest absolute Gasteiger partial charge is 0.229 e. The molecule has 4 aromatic rings. The number of hydrogen-bond acceptors (Lipinski definition) is 5. The molecule has 2 N–H and O–H groups in total.